The van der Waals surface area contributed by atoms with Crippen molar-refractivity contribution in [2.45, 2.75) is 26.7 Å². The smallest absolute Gasteiger partial charge is 0.00157 e. The van der Waals surface area contributed by atoms with Gasteiger partial charge in [-0.25, -0.2) is 0 Å². The van der Waals surface area contributed by atoms with Crippen LogP contribution < -0.4 is 5.32 Å². The first kappa shape index (κ1) is 11.9. The lowest BCUT2D eigenvalue weighted by molar-refractivity contribution is 0.276. The Morgan fingerprint density at radius 3 is 2.42 bits per heavy atom. The van der Waals surface area contributed by atoms with Crippen LogP contribution in [0.25, 0.3) is 0 Å². The Kier molecular flexibility index (Phi) is 7.51. The molecule has 0 spiro atoms. The van der Waals surface area contributed by atoms with Crippen LogP contribution in [0.4, 0.5) is 0 Å². The first-order chi connectivity index (χ1) is 5.79. The van der Waals surface area contributed by atoms with Crippen LogP contribution in [-0.2, 0) is 0 Å². The van der Waals surface area contributed by atoms with Gasteiger partial charge in [0.05, 0.1) is 0 Å². The topological polar surface area (TPSA) is 15.3 Å². The molecule has 1 atom stereocenters. The van der Waals surface area contributed by atoms with Crippen LogP contribution in [0.1, 0.15) is 26.7 Å². The third kappa shape index (κ3) is 5.56. The van der Waals surface area contributed by atoms with Gasteiger partial charge in [0.25, 0.3) is 0 Å². The van der Waals surface area contributed by atoms with Crippen LogP contribution in [-0.4, -0.2) is 38.6 Å². The predicted molar refractivity (Wildman–Crippen MR) is 55.5 cm³/mol. The molecule has 0 aromatic carbocycles. The summed E-state index contributed by atoms with van der Waals surface area (Å²) in [6.07, 6.45) is 2.77. The van der Waals surface area contributed by atoms with Gasteiger partial charge in [0.2, 0.25) is 0 Å². The van der Waals surface area contributed by atoms with Crippen LogP contribution in [0, 0.1) is 5.92 Å². The molecule has 1 unspecified atom stereocenters. The number of hydrogen-bond donors (Lipinski definition) is 1. The molecule has 0 aromatic heterocycles. The van der Waals surface area contributed by atoms with Gasteiger partial charge in [0.15, 0.2) is 0 Å². The van der Waals surface area contributed by atoms with Crippen LogP contribution in [0.3, 0.4) is 0 Å². The molecule has 0 radical (unpaired) electrons. The van der Waals surface area contributed by atoms with Crippen molar-refractivity contribution in [1.29, 1.82) is 0 Å². The molecule has 0 saturated carbocycles. The Hall–Kier alpha value is -0.0800. The zero-order valence-corrected chi connectivity index (χ0v) is 9.06. The Labute approximate surface area is 77.3 Å². The number of piperidine rings is 1. The molecule has 1 rings (SSSR count). The van der Waals surface area contributed by atoms with Gasteiger partial charge < -0.3 is 10.2 Å². The Morgan fingerprint density at radius 2 is 2.00 bits per heavy atom. The van der Waals surface area contributed by atoms with E-state index >= 15 is 0 Å². The molecule has 1 aliphatic heterocycles. The molecule has 12 heavy (non-hydrogen) atoms. The summed E-state index contributed by atoms with van der Waals surface area (Å²) in [5.74, 6) is 0.892. The quantitative estimate of drug-likeness (QED) is 0.680. The molecule has 0 amide bonds. The zero-order valence-electron chi connectivity index (χ0n) is 9.06. The summed E-state index contributed by atoms with van der Waals surface area (Å²) in [5, 5.41) is 3.41. The molecule has 2 heteroatoms. The van der Waals surface area contributed by atoms with Crippen molar-refractivity contribution >= 4 is 0 Å². The minimum Gasteiger partial charge on any atom is -0.316 e. The molecule has 1 fully saturated rings. The van der Waals surface area contributed by atoms with Crippen LogP contribution in [0.15, 0.2) is 0 Å². The molecular weight excluding hydrogens is 148 g/mol. The number of rotatable bonds is 2. The fourth-order valence-electron chi connectivity index (χ4n) is 1.60. The number of nitrogens with one attached hydrogen (secondary N) is 1. The molecule has 0 aromatic rings. The maximum Gasteiger partial charge on any atom is 0.00157 e. The highest BCUT2D eigenvalue weighted by Crippen LogP contribution is 2.09. The summed E-state index contributed by atoms with van der Waals surface area (Å²) in [4.78, 5) is 2.28. The number of hydrogen-bond acceptors (Lipinski definition) is 2. The minimum absolute atomic E-state index is 0.892. The maximum atomic E-state index is 3.41. The van der Waals surface area contributed by atoms with Gasteiger partial charge in [0, 0.05) is 6.54 Å². The molecule has 0 aliphatic carbocycles. The summed E-state index contributed by atoms with van der Waals surface area (Å²) in [7, 11) is 4.29. The summed E-state index contributed by atoms with van der Waals surface area (Å²) in [5.41, 5.74) is 0. The van der Waals surface area contributed by atoms with E-state index in [2.05, 4.69) is 24.3 Å². The summed E-state index contributed by atoms with van der Waals surface area (Å²) >= 11 is 0. The average Bonchev–Trinajstić information content (AvgIpc) is 2.08. The second kappa shape index (κ2) is 7.56. The molecule has 1 aliphatic rings. The molecule has 1 N–H and O–H groups in total. The Morgan fingerprint density at radius 1 is 1.33 bits per heavy atom. The molecular formula is C10H24N2. The van der Waals surface area contributed by atoms with E-state index in [0.717, 1.165) is 5.92 Å². The van der Waals surface area contributed by atoms with Crippen molar-refractivity contribution in [3.05, 3.63) is 0 Å². The molecule has 0 bridgehead atoms. The first-order valence-corrected chi connectivity index (χ1v) is 5.14. The van der Waals surface area contributed by atoms with Gasteiger partial charge in [0.1, 0.15) is 0 Å². The van der Waals surface area contributed by atoms with Crippen molar-refractivity contribution in [3.63, 3.8) is 0 Å². The van der Waals surface area contributed by atoms with Gasteiger partial charge >= 0.3 is 0 Å². The van der Waals surface area contributed by atoms with E-state index in [1.807, 2.05) is 13.8 Å². The summed E-state index contributed by atoms with van der Waals surface area (Å²) in [6.45, 7) is 7.69. The second-order valence-electron chi connectivity index (χ2n) is 3.47. The first-order valence-electron chi connectivity index (χ1n) is 5.14. The van der Waals surface area contributed by atoms with Gasteiger partial charge in [-0.1, -0.05) is 13.8 Å². The van der Waals surface area contributed by atoms with E-state index in [9.17, 15) is 0 Å². The fourth-order valence-corrected chi connectivity index (χ4v) is 1.60. The lowest BCUT2D eigenvalue weighted by atomic mass is 9.99. The molecule has 1 heterocycles. The normalized spacial score (nSPS) is 23.2. The van der Waals surface area contributed by atoms with Gasteiger partial charge in [-0.3, -0.25) is 0 Å². The summed E-state index contributed by atoms with van der Waals surface area (Å²) < 4.78 is 0. The zero-order chi connectivity index (χ0) is 9.40. The van der Waals surface area contributed by atoms with Crippen molar-refractivity contribution in [2.75, 3.05) is 33.7 Å². The Bertz CT molecular complexity index is 85.8. The van der Waals surface area contributed by atoms with Crippen molar-refractivity contribution < 1.29 is 0 Å². The average molecular weight is 172 g/mol. The fraction of sp³-hybridized carbons (Fsp3) is 1.00. The van der Waals surface area contributed by atoms with Gasteiger partial charge in [-0.15, -0.1) is 0 Å². The van der Waals surface area contributed by atoms with E-state index in [1.165, 1.54) is 32.5 Å². The molecule has 74 valence electrons. The SMILES string of the molecule is CC.CN(C)CC1CCCNC1. The molecule has 2 nitrogen and oxygen atoms in total. The highest BCUT2D eigenvalue weighted by Gasteiger charge is 2.12. The largest absolute Gasteiger partial charge is 0.316 e. The summed E-state index contributed by atoms with van der Waals surface area (Å²) in [6, 6.07) is 0. The lowest BCUT2D eigenvalue weighted by Crippen LogP contribution is -2.35. The highest BCUT2D eigenvalue weighted by atomic mass is 15.1. The van der Waals surface area contributed by atoms with E-state index in [1.54, 1.807) is 0 Å². The number of nitrogens with zero attached hydrogens (tertiary/aromatic N) is 1. The second-order valence-corrected chi connectivity index (χ2v) is 3.47. The Balaban J connectivity index is 0.000000561. The minimum atomic E-state index is 0.892. The standard InChI is InChI=1S/C8H18N2.C2H6/c1-10(2)7-8-4-3-5-9-6-8;1-2/h8-9H,3-7H2,1-2H3;1-2H3. The monoisotopic (exact) mass is 172 g/mol. The van der Waals surface area contributed by atoms with Crippen molar-refractivity contribution in [1.82, 2.24) is 10.2 Å². The predicted octanol–water partition coefficient (Wildman–Crippen LogP) is 1.57. The van der Waals surface area contributed by atoms with Crippen LogP contribution in [0.2, 0.25) is 0 Å². The van der Waals surface area contributed by atoms with E-state index in [4.69, 9.17) is 0 Å². The van der Waals surface area contributed by atoms with E-state index in [-0.39, 0.29) is 0 Å². The van der Waals surface area contributed by atoms with Crippen LogP contribution >= 0.6 is 0 Å². The lowest BCUT2D eigenvalue weighted by Gasteiger charge is -2.25. The third-order valence-corrected chi connectivity index (χ3v) is 2.02. The molecule has 1 saturated heterocycles. The van der Waals surface area contributed by atoms with Gasteiger partial charge in [-0.2, -0.15) is 0 Å². The van der Waals surface area contributed by atoms with Crippen molar-refractivity contribution in [3.8, 4) is 0 Å². The van der Waals surface area contributed by atoms with E-state index < -0.39 is 0 Å². The maximum absolute atomic E-state index is 3.41. The van der Waals surface area contributed by atoms with Gasteiger partial charge in [-0.05, 0) is 45.9 Å². The highest BCUT2D eigenvalue weighted by molar-refractivity contribution is 4.70. The van der Waals surface area contributed by atoms with Crippen LogP contribution in [0.5, 0.6) is 0 Å². The third-order valence-electron chi connectivity index (χ3n) is 2.02. The van der Waals surface area contributed by atoms with E-state index in [0.29, 0.717) is 0 Å². The van der Waals surface area contributed by atoms with Crippen molar-refractivity contribution in [2.24, 2.45) is 5.92 Å².